The second-order valence-electron chi connectivity index (χ2n) is 4.76. The number of halogens is 4. The van der Waals surface area contributed by atoms with E-state index in [0.29, 0.717) is 22.1 Å². The van der Waals surface area contributed by atoms with Gasteiger partial charge in [0.05, 0.1) is 6.04 Å². The first-order valence-electron chi connectivity index (χ1n) is 6.65. The number of nitrogens with one attached hydrogen (secondary N) is 1. The van der Waals surface area contributed by atoms with Crippen LogP contribution in [0.2, 0.25) is 0 Å². The molecule has 1 nitrogen and oxygen atoms in total. The summed E-state index contributed by atoms with van der Waals surface area (Å²) in [6.45, 7) is 2.58. The molecule has 2 aromatic carbocycles. The molecule has 1 unspecified atom stereocenters. The Bertz CT molecular complexity index is 611. The molecular formula is C16H15BrF3N. The summed E-state index contributed by atoms with van der Waals surface area (Å²) in [4.78, 5) is 0. The summed E-state index contributed by atoms with van der Waals surface area (Å²) in [5.74, 6) is -1.78. The summed E-state index contributed by atoms with van der Waals surface area (Å²) in [5.41, 5.74) is 0.721. The van der Waals surface area contributed by atoms with Crippen molar-refractivity contribution in [3.63, 3.8) is 0 Å². The highest BCUT2D eigenvalue weighted by Gasteiger charge is 2.19. The quantitative estimate of drug-likeness (QED) is 0.797. The second kappa shape index (κ2) is 7.09. The van der Waals surface area contributed by atoms with Crippen LogP contribution < -0.4 is 5.32 Å². The summed E-state index contributed by atoms with van der Waals surface area (Å²) in [5, 5.41) is 3.13. The molecule has 0 amide bonds. The predicted octanol–water partition coefficient (Wildman–Crippen LogP) is 4.96. The van der Waals surface area contributed by atoms with Crippen molar-refractivity contribution in [1.29, 1.82) is 0 Å². The molecule has 0 bridgehead atoms. The average molecular weight is 358 g/mol. The maximum Gasteiger partial charge on any atom is 0.129 e. The first kappa shape index (κ1) is 16.0. The Morgan fingerprint density at radius 2 is 1.71 bits per heavy atom. The lowest BCUT2D eigenvalue weighted by atomic mass is 9.97. The van der Waals surface area contributed by atoms with Crippen molar-refractivity contribution in [2.24, 2.45) is 0 Å². The molecule has 0 fully saturated rings. The molecule has 0 saturated carbocycles. The molecule has 0 aromatic heterocycles. The van der Waals surface area contributed by atoms with Gasteiger partial charge in [-0.1, -0.05) is 28.9 Å². The van der Waals surface area contributed by atoms with Gasteiger partial charge in [-0.05, 0) is 42.8 Å². The largest absolute Gasteiger partial charge is 0.306 e. The number of hydrogen-bond acceptors (Lipinski definition) is 1. The molecule has 0 aliphatic rings. The van der Waals surface area contributed by atoms with Crippen LogP contribution in [0.5, 0.6) is 0 Å². The van der Waals surface area contributed by atoms with E-state index >= 15 is 0 Å². The molecule has 21 heavy (non-hydrogen) atoms. The lowest BCUT2D eigenvalue weighted by Crippen LogP contribution is -2.24. The van der Waals surface area contributed by atoms with Gasteiger partial charge in [0, 0.05) is 16.1 Å². The SMILES string of the molecule is CCCNC(c1cc(F)cc(F)c1)c1ccc(Br)cc1F. The van der Waals surface area contributed by atoms with Gasteiger partial charge in [-0.2, -0.15) is 0 Å². The molecule has 0 aliphatic heterocycles. The van der Waals surface area contributed by atoms with Crippen molar-refractivity contribution in [2.45, 2.75) is 19.4 Å². The number of hydrogen-bond donors (Lipinski definition) is 1. The van der Waals surface area contributed by atoms with Gasteiger partial charge in [-0.15, -0.1) is 0 Å². The molecule has 2 aromatic rings. The van der Waals surface area contributed by atoms with Gasteiger partial charge in [0.2, 0.25) is 0 Å². The van der Waals surface area contributed by atoms with E-state index in [1.807, 2.05) is 6.92 Å². The fourth-order valence-corrected chi connectivity index (χ4v) is 2.51. The zero-order valence-electron chi connectivity index (χ0n) is 11.5. The van der Waals surface area contributed by atoms with Crippen LogP contribution in [0.25, 0.3) is 0 Å². The molecule has 0 spiro atoms. The van der Waals surface area contributed by atoms with Gasteiger partial charge >= 0.3 is 0 Å². The van der Waals surface area contributed by atoms with Gasteiger partial charge in [-0.3, -0.25) is 0 Å². The van der Waals surface area contributed by atoms with Crippen LogP contribution in [-0.2, 0) is 0 Å². The smallest absolute Gasteiger partial charge is 0.129 e. The zero-order chi connectivity index (χ0) is 15.4. The van der Waals surface area contributed by atoms with Crippen molar-refractivity contribution in [3.8, 4) is 0 Å². The fraction of sp³-hybridized carbons (Fsp3) is 0.250. The number of benzene rings is 2. The van der Waals surface area contributed by atoms with Gasteiger partial charge in [0.25, 0.3) is 0 Å². The third kappa shape index (κ3) is 4.08. The fourth-order valence-electron chi connectivity index (χ4n) is 2.17. The maximum atomic E-state index is 14.2. The van der Waals surface area contributed by atoms with E-state index in [0.717, 1.165) is 12.5 Å². The summed E-state index contributed by atoms with van der Waals surface area (Å²) in [7, 11) is 0. The topological polar surface area (TPSA) is 12.0 Å². The van der Waals surface area contributed by atoms with Crippen LogP contribution in [0, 0.1) is 17.5 Å². The minimum absolute atomic E-state index is 0.358. The van der Waals surface area contributed by atoms with E-state index in [9.17, 15) is 13.2 Å². The lowest BCUT2D eigenvalue weighted by molar-refractivity contribution is 0.533. The molecule has 0 aliphatic carbocycles. The van der Waals surface area contributed by atoms with E-state index in [2.05, 4.69) is 21.2 Å². The van der Waals surface area contributed by atoms with Crippen molar-refractivity contribution in [1.82, 2.24) is 5.32 Å². The Morgan fingerprint density at radius 3 is 2.29 bits per heavy atom. The van der Waals surface area contributed by atoms with Crippen molar-refractivity contribution in [3.05, 3.63) is 69.4 Å². The average Bonchev–Trinajstić information content (AvgIpc) is 2.40. The minimum Gasteiger partial charge on any atom is -0.306 e. The molecule has 2 rings (SSSR count). The Morgan fingerprint density at radius 1 is 1.05 bits per heavy atom. The second-order valence-corrected chi connectivity index (χ2v) is 5.67. The molecule has 0 radical (unpaired) electrons. The normalized spacial score (nSPS) is 12.4. The van der Waals surface area contributed by atoms with Crippen molar-refractivity contribution in [2.75, 3.05) is 6.54 Å². The van der Waals surface area contributed by atoms with E-state index in [1.54, 1.807) is 12.1 Å². The van der Waals surface area contributed by atoms with Crippen LogP contribution in [0.15, 0.2) is 40.9 Å². The molecule has 1 atom stereocenters. The summed E-state index contributed by atoms with van der Waals surface area (Å²) in [6.07, 6.45) is 0.826. The van der Waals surface area contributed by atoms with Gasteiger partial charge in [-0.25, -0.2) is 13.2 Å². The van der Waals surface area contributed by atoms with Crippen LogP contribution in [0.3, 0.4) is 0 Å². The van der Waals surface area contributed by atoms with E-state index in [-0.39, 0.29) is 0 Å². The highest BCUT2D eigenvalue weighted by molar-refractivity contribution is 9.10. The maximum absolute atomic E-state index is 14.2. The van der Waals surface area contributed by atoms with Gasteiger partial charge < -0.3 is 5.32 Å². The molecular weight excluding hydrogens is 343 g/mol. The Hall–Kier alpha value is -1.33. The Balaban J connectivity index is 2.46. The predicted molar refractivity (Wildman–Crippen MR) is 80.6 cm³/mol. The summed E-state index contributed by atoms with van der Waals surface area (Å²) in [6, 6.07) is 7.30. The zero-order valence-corrected chi connectivity index (χ0v) is 13.1. The summed E-state index contributed by atoms with van der Waals surface area (Å²) < 4.78 is 41.6. The Labute approximate surface area is 130 Å². The highest BCUT2D eigenvalue weighted by Crippen LogP contribution is 2.27. The molecule has 1 N–H and O–H groups in total. The number of rotatable bonds is 5. The standard InChI is InChI=1S/C16H15BrF3N/c1-2-5-21-16(10-6-12(18)9-13(19)7-10)14-4-3-11(17)8-15(14)20/h3-4,6-9,16,21H,2,5H2,1H3. The van der Waals surface area contributed by atoms with Crippen LogP contribution in [0.4, 0.5) is 13.2 Å². The third-order valence-electron chi connectivity index (χ3n) is 3.09. The van der Waals surface area contributed by atoms with Crippen molar-refractivity contribution < 1.29 is 13.2 Å². The third-order valence-corrected chi connectivity index (χ3v) is 3.58. The summed E-state index contributed by atoms with van der Waals surface area (Å²) >= 11 is 3.20. The first-order valence-corrected chi connectivity index (χ1v) is 7.45. The monoisotopic (exact) mass is 357 g/mol. The van der Waals surface area contributed by atoms with Crippen LogP contribution in [-0.4, -0.2) is 6.54 Å². The van der Waals surface area contributed by atoms with Crippen LogP contribution >= 0.6 is 15.9 Å². The Kier molecular flexibility index (Phi) is 5.42. The highest BCUT2D eigenvalue weighted by atomic mass is 79.9. The molecule has 5 heteroatoms. The molecule has 112 valence electrons. The van der Waals surface area contributed by atoms with E-state index < -0.39 is 23.5 Å². The van der Waals surface area contributed by atoms with E-state index in [1.165, 1.54) is 18.2 Å². The van der Waals surface area contributed by atoms with Gasteiger partial charge in [0.1, 0.15) is 17.5 Å². The first-order chi connectivity index (χ1) is 10.0. The van der Waals surface area contributed by atoms with Crippen LogP contribution in [0.1, 0.15) is 30.5 Å². The molecule has 0 heterocycles. The molecule has 0 saturated heterocycles. The lowest BCUT2D eigenvalue weighted by Gasteiger charge is -2.20. The van der Waals surface area contributed by atoms with Gasteiger partial charge in [0.15, 0.2) is 0 Å². The van der Waals surface area contributed by atoms with E-state index in [4.69, 9.17) is 0 Å². The van der Waals surface area contributed by atoms with Crippen molar-refractivity contribution >= 4 is 15.9 Å². The minimum atomic E-state index is -0.675.